The van der Waals surface area contributed by atoms with Gasteiger partial charge < -0.3 is 4.90 Å². The van der Waals surface area contributed by atoms with Crippen LogP contribution in [0.1, 0.15) is 17.3 Å². The Hall–Kier alpha value is -0.900. The van der Waals surface area contributed by atoms with Crippen molar-refractivity contribution in [3.63, 3.8) is 0 Å². The monoisotopic (exact) mass is 266 g/mol. The van der Waals surface area contributed by atoms with Crippen LogP contribution >= 0.6 is 11.6 Å². The van der Waals surface area contributed by atoms with Gasteiger partial charge in [-0.1, -0.05) is 18.5 Å². The normalized spacial score (nSPS) is 17.9. The highest BCUT2D eigenvalue weighted by Crippen LogP contribution is 2.11. The number of benzene rings is 1. The Bertz CT molecular complexity index is 397. The van der Waals surface area contributed by atoms with E-state index in [1.165, 1.54) is 0 Å². The van der Waals surface area contributed by atoms with Gasteiger partial charge in [0.2, 0.25) is 0 Å². The van der Waals surface area contributed by atoms with Crippen LogP contribution in [0.15, 0.2) is 24.3 Å². The second kappa shape index (κ2) is 6.32. The van der Waals surface area contributed by atoms with Gasteiger partial charge in [-0.15, -0.1) is 0 Å². The summed E-state index contributed by atoms with van der Waals surface area (Å²) in [4.78, 5) is 16.7. The Morgan fingerprint density at radius 3 is 2.22 bits per heavy atom. The summed E-state index contributed by atoms with van der Waals surface area (Å²) in [6, 6.07) is 7.13. The minimum absolute atomic E-state index is 0.177. The number of piperazine rings is 1. The summed E-state index contributed by atoms with van der Waals surface area (Å²) in [7, 11) is 0. The molecule has 1 fully saturated rings. The molecule has 0 radical (unpaired) electrons. The molecule has 0 spiro atoms. The van der Waals surface area contributed by atoms with Crippen LogP contribution in [0.2, 0.25) is 5.02 Å². The maximum Gasteiger partial charge on any atom is 0.176 e. The van der Waals surface area contributed by atoms with Gasteiger partial charge in [-0.25, -0.2) is 0 Å². The zero-order chi connectivity index (χ0) is 13.0. The van der Waals surface area contributed by atoms with Gasteiger partial charge in [0.05, 0.1) is 6.54 Å². The highest BCUT2D eigenvalue weighted by atomic mass is 35.5. The van der Waals surface area contributed by atoms with Crippen molar-refractivity contribution < 1.29 is 4.79 Å². The molecule has 0 amide bonds. The molecule has 98 valence electrons. The van der Waals surface area contributed by atoms with E-state index in [2.05, 4.69) is 16.7 Å². The van der Waals surface area contributed by atoms with E-state index in [1.54, 1.807) is 24.3 Å². The average Bonchev–Trinajstić information content (AvgIpc) is 2.40. The van der Waals surface area contributed by atoms with Gasteiger partial charge in [-0.2, -0.15) is 0 Å². The summed E-state index contributed by atoms with van der Waals surface area (Å²) < 4.78 is 0. The summed E-state index contributed by atoms with van der Waals surface area (Å²) in [5.74, 6) is 0.177. The molecule has 1 aliphatic heterocycles. The standard InChI is InChI=1S/C14H19ClN2O/c1-2-16-7-9-17(10-8-16)11-14(18)12-3-5-13(15)6-4-12/h3-6H,2,7-11H2,1H3. The molecule has 3 nitrogen and oxygen atoms in total. The van der Waals surface area contributed by atoms with Gasteiger partial charge >= 0.3 is 0 Å². The summed E-state index contributed by atoms with van der Waals surface area (Å²) in [5.41, 5.74) is 0.748. The van der Waals surface area contributed by atoms with Crippen molar-refractivity contribution in [2.45, 2.75) is 6.92 Å². The summed E-state index contributed by atoms with van der Waals surface area (Å²) >= 11 is 5.81. The van der Waals surface area contributed by atoms with E-state index in [4.69, 9.17) is 11.6 Å². The lowest BCUT2D eigenvalue weighted by Crippen LogP contribution is -2.47. The minimum atomic E-state index is 0.177. The number of hydrogen-bond donors (Lipinski definition) is 0. The van der Waals surface area contributed by atoms with Gasteiger partial charge in [0.25, 0.3) is 0 Å². The predicted octanol–water partition coefficient (Wildman–Crippen LogP) is 2.16. The zero-order valence-corrected chi connectivity index (χ0v) is 11.5. The van der Waals surface area contributed by atoms with Crippen LogP contribution in [-0.2, 0) is 0 Å². The van der Waals surface area contributed by atoms with Crippen molar-refractivity contribution in [1.82, 2.24) is 9.80 Å². The molecule has 4 heteroatoms. The predicted molar refractivity (Wildman–Crippen MR) is 74.3 cm³/mol. The second-order valence-electron chi connectivity index (χ2n) is 4.64. The molecule has 0 N–H and O–H groups in total. The van der Waals surface area contributed by atoms with Crippen molar-refractivity contribution in [3.8, 4) is 0 Å². The number of halogens is 1. The van der Waals surface area contributed by atoms with Crippen LogP contribution < -0.4 is 0 Å². The van der Waals surface area contributed by atoms with Crippen LogP contribution in [-0.4, -0.2) is 54.9 Å². The molecule has 0 aromatic heterocycles. The fraction of sp³-hybridized carbons (Fsp3) is 0.500. The molecule has 0 atom stereocenters. The lowest BCUT2D eigenvalue weighted by molar-refractivity contribution is 0.0859. The molecule has 1 aliphatic rings. The Labute approximate surface area is 113 Å². The quantitative estimate of drug-likeness (QED) is 0.781. The molecule has 1 heterocycles. The Kier molecular flexibility index (Phi) is 4.75. The van der Waals surface area contributed by atoms with Gasteiger partial charge in [-0.05, 0) is 30.8 Å². The second-order valence-corrected chi connectivity index (χ2v) is 5.08. The van der Waals surface area contributed by atoms with E-state index in [9.17, 15) is 4.79 Å². The minimum Gasteiger partial charge on any atom is -0.301 e. The fourth-order valence-electron chi connectivity index (χ4n) is 2.19. The van der Waals surface area contributed by atoms with Crippen molar-refractivity contribution in [3.05, 3.63) is 34.9 Å². The highest BCUT2D eigenvalue weighted by molar-refractivity contribution is 6.30. The van der Waals surface area contributed by atoms with Crippen molar-refractivity contribution in [2.24, 2.45) is 0 Å². The van der Waals surface area contributed by atoms with Gasteiger partial charge in [0.15, 0.2) is 5.78 Å². The highest BCUT2D eigenvalue weighted by Gasteiger charge is 2.18. The summed E-state index contributed by atoms with van der Waals surface area (Å²) in [5, 5.41) is 0.670. The first kappa shape index (κ1) is 13.5. The lowest BCUT2D eigenvalue weighted by Gasteiger charge is -2.33. The topological polar surface area (TPSA) is 23.6 Å². The number of Topliss-reactive ketones (excluding diaryl/α,β-unsaturated/α-hetero) is 1. The van der Waals surface area contributed by atoms with Crippen molar-refractivity contribution >= 4 is 17.4 Å². The molecule has 2 rings (SSSR count). The fourth-order valence-corrected chi connectivity index (χ4v) is 2.32. The van der Waals surface area contributed by atoms with E-state index >= 15 is 0 Å². The first-order valence-corrected chi connectivity index (χ1v) is 6.80. The van der Waals surface area contributed by atoms with Crippen LogP contribution in [0.3, 0.4) is 0 Å². The van der Waals surface area contributed by atoms with Crippen LogP contribution in [0.5, 0.6) is 0 Å². The summed E-state index contributed by atoms with van der Waals surface area (Å²) in [6.45, 7) is 7.86. The van der Waals surface area contributed by atoms with E-state index in [0.29, 0.717) is 11.6 Å². The SMILES string of the molecule is CCN1CCN(CC(=O)c2ccc(Cl)cc2)CC1. The number of hydrogen-bond acceptors (Lipinski definition) is 3. The van der Waals surface area contributed by atoms with E-state index in [-0.39, 0.29) is 5.78 Å². The van der Waals surface area contributed by atoms with E-state index in [0.717, 1.165) is 38.3 Å². The van der Waals surface area contributed by atoms with Crippen molar-refractivity contribution in [2.75, 3.05) is 39.3 Å². The first-order chi connectivity index (χ1) is 8.69. The Morgan fingerprint density at radius 1 is 1.11 bits per heavy atom. The van der Waals surface area contributed by atoms with Gasteiger partial charge in [0, 0.05) is 36.8 Å². The maximum absolute atomic E-state index is 12.1. The molecule has 1 saturated heterocycles. The summed E-state index contributed by atoms with van der Waals surface area (Å²) in [6.07, 6.45) is 0. The Balaban J connectivity index is 1.86. The largest absolute Gasteiger partial charge is 0.301 e. The smallest absolute Gasteiger partial charge is 0.176 e. The molecule has 0 aliphatic carbocycles. The Morgan fingerprint density at radius 2 is 1.67 bits per heavy atom. The first-order valence-electron chi connectivity index (χ1n) is 6.42. The van der Waals surface area contributed by atoms with Crippen molar-refractivity contribution in [1.29, 1.82) is 0 Å². The number of carbonyl (C=O) groups is 1. The average molecular weight is 267 g/mol. The molecule has 1 aromatic carbocycles. The molecule has 0 bridgehead atoms. The third kappa shape index (κ3) is 3.55. The van der Waals surface area contributed by atoms with Gasteiger partial charge in [0.1, 0.15) is 0 Å². The van der Waals surface area contributed by atoms with E-state index < -0.39 is 0 Å². The van der Waals surface area contributed by atoms with Gasteiger partial charge in [-0.3, -0.25) is 9.69 Å². The van der Waals surface area contributed by atoms with E-state index in [1.807, 2.05) is 0 Å². The third-order valence-electron chi connectivity index (χ3n) is 3.45. The number of likely N-dealkylation sites (N-methyl/N-ethyl adjacent to an activating group) is 1. The molecule has 0 unspecified atom stereocenters. The molecular formula is C14H19ClN2O. The van der Waals surface area contributed by atoms with Crippen LogP contribution in [0, 0.1) is 0 Å². The van der Waals surface area contributed by atoms with Crippen LogP contribution in [0.4, 0.5) is 0 Å². The molecule has 1 aromatic rings. The number of carbonyl (C=O) groups excluding carboxylic acids is 1. The van der Waals surface area contributed by atoms with Crippen LogP contribution in [0.25, 0.3) is 0 Å². The zero-order valence-electron chi connectivity index (χ0n) is 10.7. The lowest BCUT2D eigenvalue weighted by atomic mass is 10.1. The number of nitrogens with zero attached hydrogens (tertiary/aromatic N) is 2. The third-order valence-corrected chi connectivity index (χ3v) is 3.70. The maximum atomic E-state index is 12.1. The molecular weight excluding hydrogens is 248 g/mol. The molecule has 0 saturated carbocycles. The number of ketones is 1. The molecule has 18 heavy (non-hydrogen) atoms. The number of rotatable bonds is 4.